The van der Waals surface area contributed by atoms with Crippen LogP contribution in [-0.4, -0.2) is 32.9 Å². The minimum atomic E-state index is -0.301. The standard InChI is InChI=1S/C17H19N5O3/c1-3-25-9-8-22-13-7-5-4-6-12(13)15(16(22)24)20-21-17-18-11(2)10-14(23)19-17/h4-7,10,24H,3,8-9H2,1-2H3,(H,18,19,23). The van der Waals surface area contributed by atoms with Crippen LogP contribution in [0, 0.1) is 6.92 Å². The number of hydrogen-bond donors (Lipinski definition) is 2. The third-order valence-corrected chi connectivity index (χ3v) is 3.68. The fourth-order valence-electron chi connectivity index (χ4n) is 2.60. The summed E-state index contributed by atoms with van der Waals surface area (Å²) in [6, 6.07) is 8.87. The topological polar surface area (TPSA) is 105 Å². The molecule has 130 valence electrons. The predicted molar refractivity (Wildman–Crippen MR) is 93.9 cm³/mol. The van der Waals surface area contributed by atoms with Crippen molar-refractivity contribution in [1.29, 1.82) is 0 Å². The molecule has 0 aliphatic rings. The van der Waals surface area contributed by atoms with E-state index in [4.69, 9.17) is 4.74 Å². The minimum absolute atomic E-state index is 0.000321. The van der Waals surface area contributed by atoms with Gasteiger partial charge in [-0.2, -0.15) is 0 Å². The fraction of sp³-hybridized carbons (Fsp3) is 0.294. The number of rotatable bonds is 6. The molecular formula is C17H19N5O3. The summed E-state index contributed by atoms with van der Waals surface area (Å²) < 4.78 is 7.10. The molecule has 2 heterocycles. The summed E-state index contributed by atoms with van der Waals surface area (Å²) >= 11 is 0. The number of nitrogens with zero attached hydrogens (tertiary/aromatic N) is 4. The number of H-pyrrole nitrogens is 1. The molecule has 2 aromatic heterocycles. The third kappa shape index (κ3) is 3.58. The van der Waals surface area contributed by atoms with Crippen LogP contribution in [-0.2, 0) is 11.3 Å². The number of nitrogens with one attached hydrogen (secondary N) is 1. The zero-order valence-electron chi connectivity index (χ0n) is 14.1. The Morgan fingerprint density at radius 3 is 2.88 bits per heavy atom. The Kier molecular flexibility index (Phi) is 4.90. The number of para-hydroxylation sites is 1. The molecule has 0 fully saturated rings. The number of azo groups is 1. The Bertz CT molecular complexity index is 974. The van der Waals surface area contributed by atoms with E-state index in [1.54, 1.807) is 11.5 Å². The van der Waals surface area contributed by atoms with Gasteiger partial charge in [-0.25, -0.2) is 4.98 Å². The minimum Gasteiger partial charge on any atom is -0.493 e. The Hall–Kier alpha value is -3.00. The van der Waals surface area contributed by atoms with E-state index in [0.717, 1.165) is 10.9 Å². The van der Waals surface area contributed by atoms with Crippen LogP contribution in [0.15, 0.2) is 45.4 Å². The maximum absolute atomic E-state index is 11.5. The lowest BCUT2D eigenvalue weighted by Crippen LogP contribution is -2.05. The van der Waals surface area contributed by atoms with Crippen LogP contribution in [0.25, 0.3) is 10.9 Å². The molecular weight excluding hydrogens is 322 g/mol. The Labute approximate surface area is 143 Å². The first kappa shape index (κ1) is 16.8. The molecule has 8 heteroatoms. The molecule has 0 bridgehead atoms. The monoisotopic (exact) mass is 341 g/mol. The highest BCUT2D eigenvalue weighted by atomic mass is 16.5. The highest BCUT2D eigenvalue weighted by Gasteiger charge is 2.16. The predicted octanol–water partition coefficient (Wildman–Crippen LogP) is 3.19. The molecule has 2 N–H and O–H groups in total. The van der Waals surface area contributed by atoms with E-state index in [1.807, 2.05) is 31.2 Å². The normalized spacial score (nSPS) is 11.6. The van der Waals surface area contributed by atoms with Gasteiger partial charge in [-0.3, -0.25) is 9.78 Å². The van der Waals surface area contributed by atoms with E-state index in [0.29, 0.717) is 31.1 Å². The largest absolute Gasteiger partial charge is 0.493 e. The molecule has 1 aromatic carbocycles. The van der Waals surface area contributed by atoms with E-state index in [9.17, 15) is 9.90 Å². The second kappa shape index (κ2) is 7.27. The second-order valence-electron chi connectivity index (χ2n) is 5.45. The molecule has 0 amide bonds. The van der Waals surface area contributed by atoms with Crippen LogP contribution in [0.4, 0.5) is 11.6 Å². The van der Waals surface area contributed by atoms with Gasteiger partial charge in [0.05, 0.1) is 12.1 Å². The van der Waals surface area contributed by atoms with Gasteiger partial charge >= 0.3 is 0 Å². The van der Waals surface area contributed by atoms with Gasteiger partial charge in [-0.1, -0.05) is 18.2 Å². The molecule has 3 rings (SSSR count). The number of aromatic amines is 1. The number of hydrogen-bond acceptors (Lipinski definition) is 6. The first-order chi connectivity index (χ1) is 12.1. The lowest BCUT2D eigenvalue weighted by molar-refractivity contribution is 0.138. The van der Waals surface area contributed by atoms with Gasteiger partial charge in [0.2, 0.25) is 11.8 Å². The zero-order valence-corrected chi connectivity index (χ0v) is 14.1. The van der Waals surface area contributed by atoms with Gasteiger partial charge in [0.1, 0.15) is 0 Å². The number of fused-ring (bicyclic) bond motifs is 1. The smallest absolute Gasteiger partial charge is 0.252 e. The Balaban J connectivity index is 2.02. The zero-order chi connectivity index (χ0) is 17.8. The molecule has 0 radical (unpaired) electrons. The van der Waals surface area contributed by atoms with E-state index >= 15 is 0 Å². The van der Waals surface area contributed by atoms with Crippen molar-refractivity contribution < 1.29 is 9.84 Å². The van der Waals surface area contributed by atoms with Crippen LogP contribution in [0.5, 0.6) is 5.88 Å². The molecule has 3 aromatic rings. The van der Waals surface area contributed by atoms with Gasteiger partial charge in [0.25, 0.3) is 5.56 Å². The van der Waals surface area contributed by atoms with Gasteiger partial charge in [0, 0.05) is 30.3 Å². The van der Waals surface area contributed by atoms with E-state index in [-0.39, 0.29) is 17.4 Å². The van der Waals surface area contributed by atoms with Crippen molar-refractivity contribution in [3.63, 3.8) is 0 Å². The summed E-state index contributed by atoms with van der Waals surface area (Å²) in [4.78, 5) is 18.1. The molecule has 0 saturated heterocycles. The molecule has 0 saturated carbocycles. The summed E-state index contributed by atoms with van der Waals surface area (Å²) in [6.07, 6.45) is 0. The van der Waals surface area contributed by atoms with Crippen LogP contribution < -0.4 is 5.56 Å². The lowest BCUT2D eigenvalue weighted by atomic mass is 10.2. The summed E-state index contributed by atoms with van der Waals surface area (Å²) in [5.74, 6) is 0.0928. The molecule has 0 unspecified atom stereocenters. The molecule has 0 atom stereocenters. The van der Waals surface area contributed by atoms with Crippen molar-refractivity contribution >= 4 is 22.5 Å². The van der Waals surface area contributed by atoms with Gasteiger partial charge in [0.15, 0.2) is 5.69 Å². The van der Waals surface area contributed by atoms with Gasteiger partial charge in [-0.05, 0) is 19.9 Å². The van der Waals surface area contributed by atoms with Crippen LogP contribution in [0.1, 0.15) is 12.6 Å². The van der Waals surface area contributed by atoms with Crippen molar-refractivity contribution in [1.82, 2.24) is 14.5 Å². The highest BCUT2D eigenvalue weighted by molar-refractivity contribution is 5.94. The first-order valence-corrected chi connectivity index (χ1v) is 7.97. The maximum atomic E-state index is 11.5. The Morgan fingerprint density at radius 2 is 2.12 bits per heavy atom. The highest BCUT2D eigenvalue weighted by Crippen LogP contribution is 2.39. The summed E-state index contributed by atoms with van der Waals surface area (Å²) in [5, 5.41) is 19.4. The quantitative estimate of drug-likeness (QED) is 0.530. The summed E-state index contributed by atoms with van der Waals surface area (Å²) in [5.41, 5.74) is 1.40. The van der Waals surface area contributed by atoms with E-state index in [1.165, 1.54) is 6.07 Å². The molecule has 0 aliphatic heterocycles. The summed E-state index contributed by atoms with van der Waals surface area (Å²) in [7, 11) is 0. The number of ether oxygens (including phenoxy) is 1. The van der Waals surface area contributed by atoms with Gasteiger partial charge in [-0.15, -0.1) is 10.2 Å². The van der Waals surface area contributed by atoms with Gasteiger partial charge < -0.3 is 14.4 Å². The van der Waals surface area contributed by atoms with Crippen molar-refractivity contribution in [2.24, 2.45) is 10.2 Å². The number of aromatic nitrogens is 3. The molecule has 0 aliphatic carbocycles. The average Bonchev–Trinajstić information content (AvgIpc) is 2.84. The third-order valence-electron chi connectivity index (χ3n) is 3.68. The summed E-state index contributed by atoms with van der Waals surface area (Å²) in [6.45, 7) is 5.20. The number of aryl methyl sites for hydroxylation is 1. The first-order valence-electron chi connectivity index (χ1n) is 7.97. The van der Waals surface area contributed by atoms with Crippen LogP contribution in [0.2, 0.25) is 0 Å². The van der Waals surface area contributed by atoms with E-state index in [2.05, 4.69) is 20.2 Å². The fourth-order valence-corrected chi connectivity index (χ4v) is 2.60. The van der Waals surface area contributed by atoms with Crippen molar-refractivity contribution in [3.8, 4) is 5.88 Å². The Morgan fingerprint density at radius 1 is 1.32 bits per heavy atom. The number of aromatic hydroxyl groups is 1. The average molecular weight is 341 g/mol. The van der Waals surface area contributed by atoms with Crippen molar-refractivity contribution in [2.45, 2.75) is 20.4 Å². The van der Waals surface area contributed by atoms with E-state index < -0.39 is 0 Å². The van der Waals surface area contributed by atoms with Crippen molar-refractivity contribution in [3.05, 3.63) is 46.4 Å². The van der Waals surface area contributed by atoms with Crippen LogP contribution in [0.3, 0.4) is 0 Å². The SMILES string of the molecule is CCOCCn1c(O)c(N=Nc2nc(C)cc(=O)[nH]2)c2ccccc21. The van der Waals surface area contributed by atoms with Crippen LogP contribution >= 0.6 is 0 Å². The molecule has 0 spiro atoms. The molecule has 8 nitrogen and oxygen atoms in total. The second-order valence-corrected chi connectivity index (χ2v) is 5.45. The molecule has 25 heavy (non-hydrogen) atoms. The maximum Gasteiger partial charge on any atom is 0.252 e. The van der Waals surface area contributed by atoms with Crippen molar-refractivity contribution in [2.75, 3.05) is 13.2 Å². The lowest BCUT2D eigenvalue weighted by Gasteiger charge is -2.06. The number of benzene rings is 1.